The van der Waals surface area contributed by atoms with Gasteiger partial charge in [-0.1, -0.05) is 74.8 Å². The lowest BCUT2D eigenvalue weighted by Gasteiger charge is -2.36. The van der Waals surface area contributed by atoms with Crippen LogP contribution in [0.1, 0.15) is 70.4 Å². The van der Waals surface area contributed by atoms with Gasteiger partial charge in [0.2, 0.25) is 11.8 Å². The molecular formula is C40H47ClN6O7S. The van der Waals surface area contributed by atoms with Crippen molar-refractivity contribution in [3.05, 3.63) is 83.7 Å². The second-order valence-corrected chi connectivity index (χ2v) is 18.3. The van der Waals surface area contributed by atoms with Crippen LogP contribution in [-0.2, 0) is 42.2 Å². The van der Waals surface area contributed by atoms with E-state index in [1.54, 1.807) is 0 Å². The van der Waals surface area contributed by atoms with Gasteiger partial charge >= 0.3 is 6.09 Å². The highest BCUT2D eigenvalue weighted by atomic mass is 35.5. The van der Waals surface area contributed by atoms with E-state index >= 15 is 0 Å². The molecule has 3 heterocycles. The highest BCUT2D eigenvalue weighted by Gasteiger charge is 2.61. The molecule has 292 valence electrons. The predicted octanol–water partition coefficient (Wildman–Crippen LogP) is 4.82. The Morgan fingerprint density at radius 1 is 1.05 bits per heavy atom. The molecule has 4 aliphatic rings. The zero-order valence-corrected chi connectivity index (χ0v) is 32.8. The number of ether oxygens (including phenoxy) is 1. The maximum atomic E-state index is 14.7. The van der Waals surface area contributed by atoms with Crippen molar-refractivity contribution >= 4 is 56.2 Å². The molecule has 0 spiro atoms. The lowest BCUT2D eigenvalue weighted by Crippen LogP contribution is -2.60. The first-order valence-corrected chi connectivity index (χ1v) is 20.6. The van der Waals surface area contributed by atoms with Gasteiger partial charge in [0, 0.05) is 44.0 Å². The lowest BCUT2D eigenvalue weighted by atomic mass is 9.85. The Hall–Kier alpha value is -4.53. The second-order valence-electron chi connectivity index (χ2n) is 16.2. The highest BCUT2D eigenvalue weighted by molar-refractivity contribution is 7.90. The van der Waals surface area contributed by atoms with Gasteiger partial charge in [0.15, 0.2) is 0 Å². The van der Waals surface area contributed by atoms with Gasteiger partial charge in [-0.2, -0.15) is 0 Å². The van der Waals surface area contributed by atoms with Crippen molar-refractivity contribution in [3.8, 4) is 0 Å². The molecule has 15 heteroatoms. The van der Waals surface area contributed by atoms with Crippen molar-refractivity contribution in [3.63, 3.8) is 0 Å². The molecule has 55 heavy (non-hydrogen) atoms. The van der Waals surface area contributed by atoms with Crippen LogP contribution in [0.15, 0.2) is 72.4 Å². The van der Waals surface area contributed by atoms with Crippen molar-refractivity contribution in [1.29, 1.82) is 0 Å². The van der Waals surface area contributed by atoms with Crippen LogP contribution in [0.3, 0.4) is 0 Å². The number of nitrogens with one attached hydrogen (secondary N) is 3. The molecule has 7 rings (SSSR count). The molecule has 3 fully saturated rings. The fraction of sp³-hybridized carbons (Fsp3) is 0.475. The predicted molar refractivity (Wildman–Crippen MR) is 206 cm³/mol. The molecule has 0 unspecified atom stereocenters. The number of likely N-dealkylation sites (tertiary alicyclic amines) is 1. The number of benzene rings is 2. The fourth-order valence-electron chi connectivity index (χ4n) is 8.38. The Balaban J connectivity index is 1.17. The Morgan fingerprint density at radius 2 is 1.73 bits per heavy atom. The summed E-state index contributed by atoms with van der Waals surface area (Å²) in [4.78, 5) is 63.5. The first-order valence-electron chi connectivity index (χ1n) is 18.7. The van der Waals surface area contributed by atoms with E-state index in [2.05, 4.69) is 56.1 Å². The van der Waals surface area contributed by atoms with Crippen molar-refractivity contribution in [1.82, 2.24) is 30.1 Å². The highest BCUT2D eigenvalue weighted by Crippen LogP contribution is 2.45. The summed E-state index contributed by atoms with van der Waals surface area (Å²) in [6.07, 6.45) is 6.75. The summed E-state index contributed by atoms with van der Waals surface area (Å²) in [5.41, 5.74) is -0.115. The van der Waals surface area contributed by atoms with Gasteiger partial charge in [-0.15, -0.1) is 6.58 Å². The van der Waals surface area contributed by atoms with Gasteiger partial charge in [-0.05, 0) is 71.9 Å². The third-order valence-corrected chi connectivity index (χ3v) is 13.3. The van der Waals surface area contributed by atoms with E-state index < -0.39 is 62.8 Å². The zero-order chi connectivity index (χ0) is 39.3. The average Bonchev–Trinajstić information content (AvgIpc) is 3.41. The molecule has 1 aromatic heterocycles. The number of halogens is 1. The minimum atomic E-state index is -4.46. The van der Waals surface area contributed by atoms with Crippen LogP contribution in [0.4, 0.5) is 4.79 Å². The Bertz CT molecular complexity index is 2110. The molecule has 2 aliphatic carbocycles. The van der Waals surface area contributed by atoms with Crippen LogP contribution in [0.5, 0.6) is 0 Å². The van der Waals surface area contributed by atoms with Crippen molar-refractivity contribution in [2.75, 3.05) is 6.54 Å². The Kier molecular flexibility index (Phi) is 10.5. The van der Waals surface area contributed by atoms with Crippen LogP contribution in [0, 0.1) is 11.3 Å². The minimum Gasteiger partial charge on any atom is -0.446 e. The number of hydrogen-bond donors (Lipinski definition) is 3. The summed E-state index contributed by atoms with van der Waals surface area (Å²) in [6, 6.07) is 11.3. The van der Waals surface area contributed by atoms with Crippen molar-refractivity contribution in [2.45, 2.75) is 107 Å². The largest absolute Gasteiger partial charge is 0.446 e. The van der Waals surface area contributed by atoms with E-state index in [9.17, 15) is 27.6 Å². The smallest absolute Gasteiger partial charge is 0.408 e. The van der Waals surface area contributed by atoms with Gasteiger partial charge in [-0.25, -0.2) is 17.9 Å². The number of carbonyl (C=O) groups is 4. The number of nitrogens with zero attached hydrogens (tertiary/aromatic N) is 3. The summed E-state index contributed by atoms with van der Waals surface area (Å²) in [5.74, 6) is -2.61. The molecule has 4 amide bonds. The molecule has 0 radical (unpaired) electrons. The maximum absolute atomic E-state index is 14.7. The molecule has 2 saturated carbocycles. The van der Waals surface area contributed by atoms with Crippen LogP contribution < -0.4 is 15.4 Å². The summed E-state index contributed by atoms with van der Waals surface area (Å²) >= 11 is 6.12. The molecule has 1 saturated heterocycles. The van der Waals surface area contributed by atoms with Crippen LogP contribution in [-0.4, -0.2) is 83.3 Å². The molecule has 3 aromatic rings. The van der Waals surface area contributed by atoms with E-state index in [1.165, 1.54) is 28.6 Å². The van der Waals surface area contributed by atoms with E-state index in [1.807, 2.05) is 32.9 Å². The number of hydrogen-bond acceptors (Lipinski definition) is 9. The summed E-state index contributed by atoms with van der Waals surface area (Å²) in [5, 5.41) is 7.90. The number of pyridine rings is 1. The normalized spacial score (nSPS) is 24.6. The van der Waals surface area contributed by atoms with E-state index in [0.29, 0.717) is 13.1 Å². The SMILES string of the molecule is C=C[C@@H]1C[C@]1(NC(=O)[C@@H]1C[C@@H](N2Cc3cccc4cccc(c34)C2)CN1C(=O)[C@@H](NC(=O)OC1CCCC1)C(C)(C)C)C(=O)NS(=O)(=O)c1cnccc1Cl. The number of amides is 4. The number of carbonyl (C=O) groups excluding carboxylic acids is 4. The summed E-state index contributed by atoms with van der Waals surface area (Å²) in [6.45, 7) is 10.7. The van der Waals surface area contributed by atoms with Crippen LogP contribution in [0.2, 0.25) is 5.02 Å². The first-order chi connectivity index (χ1) is 26.1. The minimum absolute atomic E-state index is 0.0978. The van der Waals surface area contributed by atoms with Crippen molar-refractivity contribution in [2.24, 2.45) is 11.3 Å². The van der Waals surface area contributed by atoms with Crippen molar-refractivity contribution < 1.29 is 32.3 Å². The van der Waals surface area contributed by atoms with E-state index in [0.717, 1.165) is 48.4 Å². The molecule has 3 N–H and O–H groups in total. The first kappa shape index (κ1) is 38.7. The van der Waals surface area contributed by atoms with E-state index in [4.69, 9.17) is 16.3 Å². The van der Waals surface area contributed by atoms with Gasteiger partial charge in [-0.3, -0.25) is 24.3 Å². The fourth-order valence-corrected chi connectivity index (χ4v) is 9.85. The van der Waals surface area contributed by atoms with E-state index in [-0.39, 0.29) is 41.5 Å². The number of rotatable bonds is 10. The molecule has 2 aromatic carbocycles. The summed E-state index contributed by atoms with van der Waals surface area (Å²) < 4.78 is 34.3. The third kappa shape index (κ3) is 7.68. The molecule has 2 aliphatic heterocycles. The van der Waals surface area contributed by atoms with Gasteiger partial charge < -0.3 is 20.3 Å². The average molecular weight is 791 g/mol. The van der Waals surface area contributed by atoms with Gasteiger partial charge in [0.1, 0.15) is 28.6 Å². The van der Waals surface area contributed by atoms with Crippen LogP contribution in [0.25, 0.3) is 10.8 Å². The second kappa shape index (κ2) is 14.8. The molecular weight excluding hydrogens is 744 g/mol. The van der Waals surface area contributed by atoms with Gasteiger partial charge in [0.25, 0.3) is 15.9 Å². The quantitative estimate of drug-likeness (QED) is 0.244. The topological polar surface area (TPSA) is 167 Å². The lowest BCUT2D eigenvalue weighted by molar-refractivity contribution is -0.142. The standard InChI is InChI=1S/C40H47ClN6O7S/c1-5-27-19-40(27,37(50)45-55(52,53)32-20-42-17-16-30(32)41)44-35(48)31-18-28(46-21-25-12-8-10-24-11-9-13-26(22-46)33(24)25)23-47(31)36(49)34(39(2,3)4)43-38(51)54-29-14-6-7-15-29/h5,8-13,16-17,20,27-29,31,34H,1,6-7,14-15,18-19,21-23H2,2-4H3,(H,43,51)(H,44,48)(H,45,50)/t27-,28-,31+,34-,40-/m1/s1. The maximum Gasteiger partial charge on any atom is 0.408 e. The monoisotopic (exact) mass is 790 g/mol. The number of sulfonamides is 1. The zero-order valence-electron chi connectivity index (χ0n) is 31.2. The third-order valence-electron chi connectivity index (χ3n) is 11.5. The summed E-state index contributed by atoms with van der Waals surface area (Å²) in [7, 11) is -4.46. The molecule has 0 bridgehead atoms. The van der Waals surface area contributed by atoms with Gasteiger partial charge in [0.05, 0.1) is 5.02 Å². The van der Waals surface area contributed by atoms with Crippen LogP contribution >= 0.6 is 11.6 Å². The Labute approximate surface area is 326 Å². The number of alkyl carbamates (subject to hydrolysis) is 1. The molecule has 13 nitrogen and oxygen atoms in total. The molecule has 5 atom stereocenters. The Morgan fingerprint density at radius 3 is 2.33 bits per heavy atom. The number of aromatic nitrogens is 1.